The highest BCUT2D eigenvalue weighted by molar-refractivity contribution is 7.91. The van der Waals surface area contributed by atoms with Crippen LogP contribution in [-0.2, 0) is 14.8 Å². The third-order valence-electron chi connectivity index (χ3n) is 2.04. The molecule has 0 bridgehead atoms. The van der Waals surface area contributed by atoms with Crippen molar-refractivity contribution in [1.29, 1.82) is 0 Å². The molecular weight excluding hydrogens is 284 g/mol. The molecule has 8 heteroatoms. The van der Waals surface area contributed by atoms with Crippen LogP contribution in [0, 0.1) is 0 Å². The zero-order valence-electron chi connectivity index (χ0n) is 9.48. The summed E-state index contributed by atoms with van der Waals surface area (Å²) in [5.74, 6) is 0. The number of nitrogens with one attached hydrogen (secondary N) is 1. The van der Waals surface area contributed by atoms with Gasteiger partial charge in [-0.25, -0.2) is 18.1 Å². The van der Waals surface area contributed by atoms with E-state index in [9.17, 15) is 8.42 Å². The van der Waals surface area contributed by atoms with Crippen molar-refractivity contribution in [1.82, 2.24) is 9.71 Å². The zero-order chi connectivity index (χ0) is 12.7. The van der Waals surface area contributed by atoms with Crippen molar-refractivity contribution in [3.05, 3.63) is 10.7 Å². The van der Waals surface area contributed by atoms with Crippen LogP contribution in [-0.4, -0.2) is 33.7 Å². The van der Waals surface area contributed by atoms with E-state index >= 15 is 0 Å². The molecule has 5 nitrogen and oxygen atoms in total. The number of aromatic nitrogens is 1. The quantitative estimate of drug-likeness (QED) is 0.744. The van der Waals surface area contributed by atoms with E-state index < -0.39 is 10.0 Å². The molecule has 0 aliphatic rings. The molecule has 1 heterocycles. The number of unbranched alkanes of at least 4 members (excludes halogenated alkanes) is 2. The van der Waals surface area contributed by atoms with E-state index in [0.717, 1.165) is 30.6 Å². The molecule has 98 valence electrons. The fourth-order valence-electron chi connectivity index (χ4n) is 1.19. The van der Waals surface area contributed by atoms with Gasteiger partial charge in [-0.2, -0.15) is 0 Å². The molecule has 0 amide bonds. The molecule has 1 aromatic heterocycles. The normalized spacial score (nSPS) is 11.9. The minimum absolute atomic E-state index is 0.152. The molecule has 0 atom stereocenters. The Morgan fingerprint density at radius 1 is 1.47 bits per heavy atom. The highest BCUT2D eigenvalue weighted by Crippen LogP contribution is 2.21. The molecule has 0 aliphatic carbocycles. The highest BCUT2D eigenvalue weighted by Gasteiger charge is 2.16. The Bertz CT molecular complexity index is 433. The van der Waals surface area contributed by atoms with Gasteiger partial charge in [0.15, 0.2) is 8.68 Å². The van der Waals surface area contributed by atoms with Gasteiger partial charge in [-0.3, -0.25) is 0 Å². The average Bonchev–Trinajstić information content (AvgIpc) is 2.71. The van der Waals surface area contributed by atoms with E-state index in [1.165, 1.54) is 6.20 Å². The van der Waals surface area contributed by atoms with E-state index in [4.69, 9.17) is 16.3 Å². The average molecular weight is 299 g/mol. The fourth-order valence-corrected chi connectivity index (χ4v) is 3.60. The smallest absolute Gasteiger partial charge is 0.251 e. The molecular formula is C9H15ClN2O3S2. The highest BCUT2D eigenvalue weighted by atomic mass is 35.5. The number of halogens is 1. The van der Waals surface area contributed by atoms with Gasteiger partial charge in [0.25, 0.3) is 10.0 Å². The summed E-state index contributed by atoms with van der Waals surface area (Å²) in [6, 6.07) is 0. The van der Waals surface area contributed by atoms with Crippen LogP contribution in [0.15, 0.2) is 10.4 Å². The van der Waals surface area contributed by atoms with Gasteiger partial charge in [-0.15, -0.1) is 0 Å². The summed E-state index contributed by atoms with van der Waals surface area (Å²) in [6.07, 6.45) is 3.92. The number of methoxy groups -OCH3 is 1. The summed E-state index contributed by atoms with van der Waals surface area (Å²) in [5.41, 5.74) is 0. The molecule has 17 heavy (non-hydrogen) atoms. The Labute approximate surface area is 110 Å². The van der Waals surface area contributed by atoms with Crippen LogP contribution in [0.25, 0.3) is 0 Å². The maximum absolute atomic E-state index is 11.7. The van der Waals surface area contributed by atoms with Crippen molar-refractivity contribution in [2.45, 2.75) is 23.5 Å². The van der Waals surface area contributed by atoms with Crippen molar-refractivity contribution in [2.24, 2.45) is 0 Å². The monoisotopic (exact) mass is 298 g/mol. The van der Waals surface area contributed by atoms with Gasteiger partial charge in [-0.05, 0) is 19.3 Å². The topological polar surface area (TPSA) is 68.3 Å². The lowest BCUT2D eigenvalue weighted by atomic mass is 10.2. The van der Waals surface area contributed by atoms with Gasteiger partial charge in [0.2, 0.25) is 0 Å². The van der Waals surface area contributed by atoms with Gasteiger partial charge < -0.3 is 4.74 Å². The first-order chi connectivity index (χ1) is 8.06. The molecule has 1 N–H and O–H groups in total. The second kappa shape index (κ2) is 7.27. The Kier molecular flexibility index (Phi) is 6.35. The van der Waals surface area contributed by atoms with Crippen LogP contribution in [0.2, 0.25) is 4.47 Å². The van der Waals surface area contributed by atoms with Gasteiger partial charge >= 0.3 is 0 Å². The summed E-state index contributed by atoms with van der Waals surface area (Å²) < 4.78 is 31.2. The number of hydrogen-bond acceptors (Lipinski definition) is 5. The van der Waals surface area contributed by atoms with Crippen LogP contribution in [0.5, 0.6) is 0 Å². The number of rotatable bonds is 8. The minimum Gasteiger partial charge on any atom is -0.385 e. The summed E-state index contributed by atoms with van der Waals surface area (Å²) in [4.78, 5) is 3.70. The predicted molar refractivity (Wildman–Crippen MR) is 68.0 cm³/mol. The van der Waals surface area contributed by atoms with Crippen LogP contribution < -0.4 is 4.72 Å². The van der Waals surface area contributed by atoms with E-state index in [1.807, 2.05) is 0 Å². The molecule has 0 spiro atoms. The predicted octanol–water partition coefficient (Wildman–Crippen LogP) is 1.89. The molecule has 1 aromatic rings. The summed E-state index contributed by atoms with van der Waals surface area (Å²) in [6.45, 7) is 1.12. The van der Waals surface area contributed by atoms with Crippen molar-refractivity contribution >= 4 is 33.0 Å². The molecule has 0 saturated carbocycles. The molecule has 1 rings (SSSR count). The maximum Gasteiger partial charge on any atom is 0.251 e. The lowest BCUT2D eigenvalue weighted by molar-refractivity contribution is 0.192. The molecule has 0 fully saturated rings. The summed E-state index contributed by atoms with van der Waals surface area (Å²) in [7, 11) is -1.79. The first-order valence-corrected chi connectivity index (χ1v) is 7.84. The van der Waals surface area contributed by atoms with Crippen molar-refractivity contribution in [2.75, 3.05) is 20.3 Å². The van der Waals surface area contributed by atoms with Gasteiger partial charge in [0, 0.05) is 20.3 Å². The van der Waals surface area contributed by atoms with Crippen LogP contribution >= 0.6 is 22.9 Å². The SMILES string of the molecule is COCCCCCNS(=O)(=O)c1cnc(Cl)s1. The van der Waals surface area contributed by atoms with Crippen molar-refractivity contribution < 1.29 is 13.2 Å². The Morgan fingerprint density at radius 2 is 2.24 bits per heavy atom. The number of hydrogen-bond donors (Lipinski definition) is 1. The summed E-state index contributed by atoms with van der Waals surface area (Å²) >= 11 is 6.54. The lowest BCUT2D eigenvalue weighted by Gasteiger charge is -2.03. The van der Waals surface area contributed by atoms with Crippen LogP contribution in [0.1, 0.15) is 19.3 Å². The van der Waals surface area contributed by atoms with Gasteiger partial charge in [-0.1, -0.05) is 22.9 Å². The second-order valence-electron chi connectivity index (χ2n) is 3.38. The Morgan fingerprint density at radius 3 is 2.82 bits per heavy atom. The fraction of sp³-hybridized carbons (Fsp3) is 0.667. The van der Waals surface area contributed by atoms with Crippen LogP contribution in [0.3, 0.4) is 0 Å². The first kappa shape index (κ1) is 14.8. The van der Waals surface area contributed by atoms with E-state index in [1.54, 1.807) is 7.11 Å². The minimum atomic E-state index is -3.44. The molecule has 0 aromatic carbocycles. The molecule has 0 saturated heterocycles. The molecule has 0 radical (unpaired) electrons. The number of thiazole rings is 1. The number of ether oxygens (including phenoxy) is 1. The van der Waals surface area contributed by atoms with E-state index in [0.29, 0.717) is 13.2 Å². The zero-order valence-corrected chi connectivity index (χ0v) is 11.9. The Hall–Kier alpha value is -0.210. The summed E-state index contributed by atoms with van der Waals surface area (Å²) in [5, 5.41) is 0. The van der Waals surface area contributed by atoms with Crippen LogP contribution in [0.4, 0.5) is 0 Å². The molecule has 0 aliphatic heterocycles. The van der Waals surface area contributed by atoms with Gasteiger partial charge in [0.05, 0.1) is 6.20 Å². The van der Waals surface area contributed by atoms with E-state index in [2.05, 4.69) is 9.71 Å². The standard InChI is InChI=1S/C9H15ClN2O3S2/c1-15-6-4-2-3-5-12-17(13,14)8-7-11-9(10)16-8/h7,12H,2-6H2,1H3. The first-order valence-electron chi connectivity index (χ1n) is 5.16. The van der Waals surface area contributed by atoms with Gasteiger partial charge in [0.1, 0.15) is 0 Å². The third-order valence-corrected chi connectivity index (χ3v) is 5.08. The largest absolute Gasteiger partial charge is 0.385 e. The Balaban J connectivity index is 2.31. The van der Waals surface area contributed by atoms with Crippen molar-refractivity contribution in [3.8, 4) is 0 Å². The molecule has 0 unspecified atom stereocenters. The number of nitrogens with zero attached hydrogens (tertiary/aromatic N) is 1. The maximum atomic E-state index is 11.7. The van der Waals surface area contributed by atoms with E-state index in [-0.39, 0.29) is 8.68 Å². The lowest BCUT2D eigenvalue weighted by Crippen LogP contribution is -2.24. The number of sulfonamides is 1. The van der Waals surface area contributed by atoms with Crippen molar-refractivity contribution in [3.63, 3.8) is 0 Å². The third kappa shape index (κ3) is 5.31. The second-order valence-corrected chi connectivity index (χ2v) is 6.99.